The lowest BCUT2D eigenvalue weighted by Gasteiger charge is -2.17. The van der Waals surface area contributed by atoms with E-state index in [0.717, 1.165) is 29.9 Å². The molecule has 1 heterocycles. The summed E-state index contributed by atoms with van der Waals surface area (Å²) in [4.78, 5) is 11.7. The van der Waals surface area contributed by atoms with Crippen LogP contribution in [0.15, 0.2) is 41.0 Å². The van der Waals surface area contributed by atoms with Crippen LogP contribution >= 0.6 is 0 Å². The number of hydrogen-bond acceptors (Lipinski definition) is 3. The van der Waals surface area contributed by atoms with Crippen LogP contribution in [0.4, 0.5) is 5.69 Å². The Balaban J connectivity index is 1.99. The standard InChI is InChI=1S/C17H22N2O2/c1-12-6-8-14(17(20)18-3)11-16(12)19-13(2)7-9-15-5-4-10-21-15/h4-6,8,10-11,13,19H,7,9H2,1-3H3,(H,18,20). The highest BCUT2D eigenvalue weighted by atomic mass is 16.3. The second kappa shape index (κ2) is 6.97. The fourth-order valence-corrected chi connectivity index (χ4v) is 2.21. The van der Waals surface area contributed by atoms with Gasteiger partial charge in [-0.2, -0.15) is 0 Å². The largest absolute Gasteiger partial charge is 0.469 e. The SMILES string of the molecule is CNC(=O)c1ccc(C)c(NC(C)CCc2ccco2)c1. The van der Waals surface area contributed by atoms with Crippen LogP contribution < -0.4 is 10.6 Å². The topological polar surface area (TPSA) is 54.3 Å². The van der Waals surface area contributed by atoms with E-state index in [2.05, 4.69) is 17.6 Å². The molecule has 1 amide bonds. The van der Waals surface area contributed by atoms with Crippen molar-refractivity contribution in [2.75, 3.05) is 12.4 Å². The third kappa shape index (κ3) is 4.12. The Labute approximate surface area is 125 Å². The zero-order valence-corrected chi connectivity index (χ0v) is 12.8. The van der Waals surface area contributed by atoms with Gasteiger partial charge in [0.25, 0.3) is 5.91 Å². The molecule has 1 atom stereocenters. The first-order valence-electron chi connectivity index (χ1n) is 7.22. The van der Waals surface area contributed by atoms with Crippen molar-refractivity contribution in [3.05, 3.63) is 53.5 Å². The Morgan fingerprint density at radius 1 is 1.33 bits per heavy atom. The normalized spacial score (nSPS) is 12.0. The van der Waals surface area contributed by atoms with Crippen molar-refractivity contribution in [3.63, 3.8) is 0 Å². The highest BCUT2D eigenvalue weighted by Crippen LogP contribution is 2.19. The molecule has 4 heteroatoms. The van der Waals surface area contributed by atoms with Crippen molar-refractivity contribution in [3.8, 4) is 0 Å². The summed E-state index contributed by atoms with van der Waals surface area (Å²) in [5.41, 5.74) is 2.80. The monoisotopic (exact) mass is 286 g/mol. The van der Waals surface area contributed by atoms with E-state index in [4.69, 9.17) is 4.42 Å². The van der Waals surface area contributed by atoms with Crippen LogP contribution in [0.3, 0.4) is 0 Å². The van der Waals surface area contributed by atoms with E-state index >= 15 is 0 Å². The first-order valence-corrected chi connectivity index (χ1v) is 7.22. The van der Waals surface area contributed by atoms with Crippen molar-refractivity contribution in [1.82, 2.24) is 5.32 Å². The summed E-state index contributed by atoms with van der Waals surface area (Å²) in [6.45, 7) is 4.17. The number of aryl methyl sites for hydroxylation is 2. The van der Waals surface area contributed by atoms with Gasteiger partial charge < -0.3 is 15.1 Å². The van der Waals surface area contributed by atoms with E-state index in [1.54, 1.807) is 13.3 Å². The highest BCUT2D eigenvalue weighted by Gasteiger charge is 2.09. The maximum atomic E-state index is 11.7. The Morgan fingerprint density at radius 3 is 2.81 bits per heavy atom. The van der Waals surface area contributed by atoms with Gasteiger partial charge >= 0.3 is 0 Å². The van der Waals surface area contributed by atoms with Crippen LogP contribution in [0.2, 0.25) is 0 Å². The average molecular weight is 286 g/mol. The van der Waals surface area contributed by atoms with Crippen molar-refractivity contribution in [2.45, 2.75) is 32.7 Å². The van der Waals surface area contributed by atoms with Crippen molar-refractivity contribution in [2.24, 2.45) is 0 Å². The van der Waals surface area contributed by atoms with Crippen LogP contribution in [-0.2, 0) is 6.42 Å². The average Bonchev–Trinajstić information content (AvgIpc) is 3.00. The van der Waals surface area contributed by atoms with E-state index in [-0.39, 0.29) is 5.91 Å². The fourth-order valence-electron chi connectivity index (χ4n) is 2.21. The molecule has 0 bridgehead atoms. The molecule has 0 saturated carbocycles. The Bertz CT molecular complexity index is 591. The number of carbonyl (C=O) groups is 1. The van der Waals surface area contributed by atoms with Gasteiger partial charge in [0.05, 0.1) is 6.26 Å². The summed E-state index contributed by atoms with van der Waals surface area (Å²) in [5, 5.41) is 6.12. The van der Waals surface area contributed by atoms with E-state index in [1.165, 1.54) is 0 Å². The van der Waals surface area contributed by atoms with Crippen LogP contribution in [0.5, 0.6) is 0 Å². The lowest BCUT2D eigenvalue weighted by Crippen LogP contribution is -2.20. The van der Waals surface area contributed by atoms with Gasteiger partial charge in [-0.25, -0.2) is 0 Å². The lowest BCUT2D eigenvalue weighted by atomic mass is 10.1. The second-order valence-electron chi connectivity index (χ2n) is 5.27. The summed E-state index contributed by atoms with van der Waals surface area (Å²) in [6, 6.07) is 9.90. The van der Waals surface area contributed by atoms with E-state index in [1.807, 2.05) is 37.3 Å². The van der Waals surface area contributed by atoms with Crippen LogP contribution in [0.1, 0.15) is 35.0 Å². The van der Waals surface area contributed by atoms with Gasteiger partial charge in [0, 0.05) is 30.8 Å². The number of furan rings is 1. The second-order valence-corrected chi connectivity index (χ2v) is 5.27. The van der Waals surface area contributed by atoms with Gasteiger partial charge in [0.2, 0.25) is 0 Å². The zero-order valence-electron chi connectivity index (χ0n) is 12.8. The Kier molecular flexibility index (Phi) is 5.04. The van der Waals surface area contributed by atoms with Crippen molar-refractivity contribution < 1.29 is 9.21 Å². The van der Waals surface area contributed by atoms with E-state index in [9.17, 15) is 4.79 Å². The summed E-state index contributed by atoms with van der Waals surface area (Å²) >= 11 is 0. The number of nitrogens with one attached hydrogen (secondary N) is 2. The molecular weight excluding hydrogens is 264 g/mol. The molecule has 1 unspecified atom stereocenters. The third-order valence-electron chi connectivity index (χ3n) is 3.53. The molecule has 0 aliphatic carbocycles. The molecule has 2 rings (SSSR count). The summed E-state index contributed by atoms with van der Waals surface area (Å²) in [6.07, 6.45) is 3.57. The molecule has 0 aliphatic rings. The predicted molar refractivity (Wildman–Crippen MR) is 84.7 cm³/mol. The first kappa shape index (κ1) is 15.2. The van der Waals surface area contributed by atoms with Gasteiger partial charge in [-0.05, 0) is 50.1 Å². The molecule has 2 N–H and O–H groups in total. The number of benzene rings is 1. The highest BCUT2D eigenvalue weighted by molar-refractivity contribution is 5.95. The van der Waals surface area contributed by atoms with Gasteiger partial charge in [-0.1, -0.05) is 6.07 Å². The van der Waals surface area contributed by atoms with E-state index in [0.29, 0.717) is 11.6 Å². The Hall–Kier alpha value is -2.23. The molecule has 0 radical (unpaired) electrons. The summed E-state index contributed by atoms with van der Waals surface area (Å²) in [7, 11) is 1.64. The van der Waals surface area contributed by atoms with Gasteiger partial charge in [0.1, 0.15) is 5.76 Å². The summed E-state index contributed by atoms with van der Waals surface area (Å²) < 4.78 is 5.34. The maximum absolute atomic E-state index is 11.7. The molecular formula is C17H22N2O2. The van der Waals surface area contributed by atoms with Crippen molar-refractivity contribution in [1.29, 1.82) is 0 Å². The number of anilines is 1. The van der Waals surface area contributed by atoms with Crippen LogP contribution in [0.25, 0.3) is 0 Å². The molecule has 0 aliphatic heterocycles. The smallest absolute Gasteiger partial charge is 0.251 e. The minimum absolute atomic E-state index is 0.0683. The Morgan fingerprint density at radius 2 is 2.14 bits per heavy atom. The van der Waals surface area contributed by atoms with Crippen LogP contribution in [-0.4, -0.2) is 19.0 Å². The third-order valence-corrected chi connectivity index (χ3v) is 3.53. The molecule has 0 saturated heterocycles. The molecule has 1 aromatic carbocycles. The molecule has 0 fully saturated rings. The van der Waals surface area contributed by atoms with Gasteiger partial charge in [0.15, 0.2) is 0 Å². The molecule has 0 spiro atoms. The quantitative estimate of drug-likeness (QED) is 0.856. The number of amides is 1. The summed E-state index contributed by atoms with van der Waals surface area (Å²) in [5.74, 6) is 0.931. The number of rotatable bonds is 6. The minimum Gasteiger partial charge on any atom is -0.469 e. The van der Waals surface area contributed by atoms with Crippen molar-refractivity contribution >= 4 is 11.6 Å². The van der Waals surface area contributed by atoms with Crippen LogP contribution in [0, 0.1) is 6.92 Å². The lowest BCUT2D eigenvalue weighted by molar-refractivity contribution is 0.0963. The van der Waals surface area contributed by atoms with Gasteiger partial charge in [-0.3, -0.25) is 4.79 Å². The molecule has 21 heavy (non-hydrogen) atoms. The van der Waals surface area contributed by atoms with Gasteiger partial charge in [-0.15, -0.1) is 0 Å². The molecule has 112 valence electrons. The number of carbonyl (C=O) groups excluding carboxylic acids is 1. The molecule has 1 aromatic heterocycles. The maximum Gasteiger partial charge on any atom is 0.251 e. The molecule has 4 nitrogen and oxygen atoms in total. The fraction of sp³-hybridized carbons (Fsp3) is 0.353. The first-order chi connectivity index (χ1) is 10.1. The molecule has 2 aromatic rings. The van der Waals surface area contributed by atoms with E-state index < -0.39 is 0 Å². The minimum atomic E-state index is -0.0683. The number of hydrogen-bond donors (Lipinski definition) is 2. The predicted octanol–water partition coefficient (Wildman–Crippen LogP) is 3.38. The zero-order chi connectivity index (χ0) is 15.2.